The average molecular weight is 232 g/mol. The lowest BCUT2D eigenvalue weighted by Gasteiger charge is -2.04. The average Bonchev–Trinajstić information content (AvgIpc) is 2.32. The summed E-state index contributed by atoms with van der Waals surface area (Å²) >= 11 is 0. The maximum atomic E-state index is 12.6. The SMILES string of the molecule is O=[N+]([O-])c1c[c]cc(Oc2ccc(F)cc2)c1. The number of halogens is 1. The molecular weight excluding hydrogens is 225 g/mol. The van der Waals surface area contributed by atoms with Gasteiger partial charge in [0.15, 0.2) is 0 Å². The second-order valence-electron chi connectivity index (χ2n) is 3.24. The Morgan fingerprint density at radius 3 is 2.53 bits per heavy atom. The molecule has 0 amide bonds. The Kier molecular flexibility index (Phi) is 3.00. The first-order valence-electron chi connectivity index (χ1n) is 4.74. The van der Waals surface area contributed by atoms with Crippen LogP contribution in [0.3, 0.4) is 0 Å². The van der Waals surface area contributed by atoms with Gasteiger partial charge in [-0.15, -0.1) is 0 Å². The molecule has 0 bridgehead atoms. The number of benzene rings is 2. The van der Waals surface area contributed by atoms with E-state index in [9.17, 15) is 14.5 Å². The molecule has 5 heteroatoms. The third-order valence-electron chi connectivity index (χ3n) is 2.01. The number of nitrogens with zero attached hydrogens (tertiary/aromatic N) is 1. The number of nitro benzene ring substituents is 1. The zero-order chi connectivity index (χ0) is 12.3. The molecule has 2 aromatic rings. The van der Waals surface area contributed by atoms with E-state index in [-0.39, 0.29) is 17.3 Å². The number of ether oxygens (including phenoxy) is 1. The molecule has 0 atom stereocenters. The monoisotopic (exact) mass is 232 g/mol. The Labute approximate surface area is 96.4 Å². The molecule has 0 saturated heterocycles. The predicted molar refractivity (Wildman–Crippen MR) is 58.4 cm³/mol. The maximum absolute atomic E-state index is 12.6. The molecule has 4 nitrogen and oxygen atoms in total. The predicted octanol–water partition coefficient (Wildman–Crippen LogP) is 3.33. The lowest BCUT2D eigenvalue weighted by molar-refractivity contribution is -0.384. The summed E-state index contributed by atoms with van der Waals surface area (Å²) in [5.41, 5.74) is -0.107. The summed E-state index contributed by atoms with van der Waals surface area (Å²) in [5, 5.41) is 10.5. The van der Waals surface area contributed by atoms with Gasteiger partial charge in [-0.3, -0.25) is 10.1 Å². The van der Waals surface area contributed by atoms with Crippen LogP contribution in [-0.4, -0.2) is 4.92 Å². The molecule has 0 unspecified atom stereocenters. The number of nitro groups is 1. The molecule has 0 aliphatic heterocycles. The van der Waals surface area contributed by atoms with E-state index in [4.69, 9.17) is 4.74 Å². The molecule has 0 aromatic heterocycles. The fourth-order valence-electron chi connectivity index (χ4n) is 1.24. The van der Waals surface area contributed by atoms with Crippen molar-refractivity contribution in [1.82, 2.24) is 0 Å². The van der Waals surface area contributed by atoms with Gasteiger partial charge < -0.3 is 4.74 Å². The summed E-state index contributed by atoms with van der Waals surface area (Å²) < 4.78 is 18.0. The van der Waals surface area contributed by atoms with E-state index >= 15 is 0 Å². The lowest BCUT2D eigenvalue weighted by atomic mass is 10.3. The van der Waals surface area contributed by atoms with Crippen LogP contribution in [0.5, 0.6) is 11.5 Å². The first-order valence-corrected chi connectivity index (χ1v) is 4.74. The van der Waals surface area contributed by atoms with Crippen molar-refractivity contribution < 1.29 is 14.1 Å². The van der Waals surface area contributed by atoms with Gasteiger partial charge in [-0.25, -0.2) is 4.39 Å². The molecule has 0 heterocycles. The van der Waals surface area contributed by atoms with Crippen molar-refractivity contribution >= 4 is 5.69 Å². The molecule has 0 saturated carbocycles. The van der Waals surface area contributed by atoms with Crippen molar-refractivity contribution in [3.63, 3.8) is 0 Å². The first kappa shape index (κ1) is 11.1. The summed E-state index contributed by atoms with van der Waals surface area (Å²) in [4.78, 5) is 10.00. The Morgan fingerprint density at radius 2 is 1.88 bits per heavy atom. The van der Waals surface area contributed by atoms with Crippen molar-refractivity contribution in [1.29, 1.82) is 0 Å². The topological polar surface area (TPSA) is 52.4 Å². The highest BCUT2D eigenvalue weighted by Crippen LogP contribution is 2.24. The van der Waals surface area contributed by atoms with Crippen molar-refractivity contribution in [3.8, 4) is 11.5 Å². The van der Waals surface area contributed by atoms with Crippen LogP contribution in [0.25, 0.3) is 0 Å². The number of hydrogen-bond donors (Lipinski definition) is 0. The molecule has 0 aliphatic carbocycles. The Morgan fingerprint density at radius 1 is 1.18 bits per heavy atom. The third kappa shape index (κ3) is 2.78. The van der Waals surface area contributed by atoms with Gasteiger partial charge in [0, 0.05) is 6.07 Å². The highest BCUT2D eigenvalue weighted by Gasteiger charge is 2.07. The largest absolute Gasteiger partial charge is 0.457 e. The van der Waals surface area contributed by atoms with E-state index < -0.39 is 4.92 Å². The molecule has 85 valence electrons. The zero-order valence-corrected chi connectivity index (χ0v) is 8.59. The lowest BCUT2D eigenvalue weighted by Crippen LogP contribution is -1.89. The molecule has 0 spiro atoms. The number of hydrogen-bond acceptors (Lipinski definition) is 3. The van der Waals surface area contributed by atoms with Crippen molar-refractivity contribution in [2.45, 2.75) is 0 Å². The van der Waals surface area contributed by atoms with Crippen LogP contribution in [0.15, 0.2) is 42.5 Å². The Bertz CT molecular complexity index is 540. The van der Waals surface area contributed by atoms with Crippen LogP contribution in [0.2, 0.25) is 0 Å². The first-order chi connectivity index (χ1) is 8.15. The van der Waals surface area contributed by atoms with E-state index in [0.29, 0.717) is 5.75 Å². The van der Waals surface area contributed by atoms with E-state index in [1.165, 1.54) is 42.5 Å². The summed E-state index contributed by atoms with van der Waals surface area (Å²) in [6.07, 6.45) is 0. The van der Waals surface area contributed by atoms with Gasteiger partial charge in [-0.2, -0.15) is 0 Å². The number of non-ortho nitro benzene ring substituents is 1. The van der Waals surface area contributed by atoms with Crippen LogP contribution < -0.4 is 4.74 Å². The summed E-state index contributed by atoms with van der Waals surface area (Å²) in [6.45, 7) is 0. The van der Waals surface area contributed by atoms with Gasteiger partial charge in [-0.1, -0.05) is 0 Å². The highest BCUT2D eigenvalue weighted by atomic mass is 19.1. The van der Waals surface area contributed by atoms with E-state index in [0.717, 1.165) is 0 Å². The maximum Gasteiger partial charge on any atom is 0.273 e. The molecular formula is C12H7FNO3. The molecule has 2 rings (SSSR count). The van der Waals surface area contributed by atoms with Gasteiger partial charge in [0.25, 0.3) is 5.69 Å². The number of rotatable bonds is 3. The van der Waals surface area contributed by atoms with Crippen LogP contribution in [-0.2, 0) is 0 Å². The summed E-state index contributed by atoms with van der Waals surface area (Å²) in [7, 11) is 0. The van der Waals surface area contributed by atoms with E-state index in [1.54, 1.807) is 0 Å². The van der Waals surface area contributed by atoms with Crippen molar-refractivity contribution in [2.75, 3.05) is 0 Å². The van der Waals surface area contributed by atoms with Crippen LogP contribution in [0.1, 0.15) is 0 Å². The summed E-state index contributed by atoms with van der Waals surface area (Å²) in [6, 6.07) is 12.0. The van der Waals surface area contributed by atoms with Crippen molar-refractivity contribution in [2.24, 2.45) is 0 Å². The zero-order valence-electron chi connectivity index (χ0n) is 8.59. The van der Waals surface area contributed by atoms with Crippen LogP contribution in [0, 0.1) is 22.0 Å². The quantitative estimate of drug-likeness (QED) is 0.602. The fraction of sp³-hybridized carbons (Fsp3) is 0. The molecule has 0 fully saturated rings. The van der Waals surface area contributed by atoms with Crippen LogP contribution >= 0.6 is 0 Å². The molecule has 17 heavy (non-hydrogen) atoms. The minimum atomic E-state index is -0.534. The normalized spacial score (nSPS) is 9.94. The highest BCUT2D eigenvalue weighted by molar-refractivity contribution is 5.39. The fourth-order valence-corrected chi connectivity index (χ4v) is 1.24. The second-order valence-corrected chi connectivity index (χ2v) is 3.24. The molecule has 2 aromatic carbocycles. The van der Waals surface area contributed by atoms with E-state index in [2.05, 4.69) is 6.07 Å². The Hall–Kier alpha value is -2.43. The summed E-state index contributed by atoms with van der Waals surface area (Å²) in [5.74, 6) is 0.314. The minimum absolute atomic E-state index is 0.107. The molecule has 0 N–H and O–H groups in total. The molecule has 0 aliphatic rings. The standard InChI is InChI=1S/C12H7FNO3/c13-9-4-6-11(7-5-9)17-12-3-1-2-10(8-12)14(15)16/h2-8H. The van der Waals surface area contributed by atoms with Gasteiger partial charge in [0.1, 0.15) is 17.3 Å². The third-order valence-corrected chi connectivity index (χ3v) is 2.01. The Balaban J connectivity index is 2.21. The van der Waals surface area contributed by atoms with Crippen molar-refractivity contribution in [3.05, 3.63) is 64.5 Å². The van der Waals surface area contributed by atoms with E-state index in [1.807, 2.05) is 0 Å². The van der Waals surface area contributed by atoms with Gasteiger partial charge >= 0.3 is 0 Å². The van der Waals surface area contributed by atoms with Gasteiger partial charge in [0.2, 0.25) is 0 Å². The smallest absolute Gasteiger partial charge is 0.273 e. The molecule has 1 radical (unpaired) electrons. The second kappa shape index (κ2) is 4.61. The van der Waals surface area contributed by atoms with Gasteiger partial charge in [-0.05, 0) is 36.4 Å². The van der Waals surface area contributed by atoms with Gasteiger partial charge in [0.05, 0.1) is 11.0 Å². The minimum Gasteiger partial charge on any atom is -0.457 e. The van der Waals surface area contributed by atoms with Crippen LogP contribution in [0.4, 0.5) is 10.1 Å².